The van der Waals surface area contributed by atoms with Gasteiger partial charge in [-0.3, -0.25) is 0 Å². The van der Waals surface area contributed by atoms with Gasteiger partial charge in [0, 0.05) is 23.0 Å². The summed E-state index contributed by atoms with van der Waals surface area (Å²) in [5.74, 6) is 1.63. The summed E-state index contributed by atoms with van der Waals surface area (Å²) in [5.41, 5.74) is 1.12. The molecular formula is C16H21Cl2NO. The normalized spacial score (nSPS) is 23.2. The predicted octanol–water partition coefficient (Wildman–Crippen LogP) is 4.99. The molecule has 0 spiro atoms. The SMILES string of the molecule is Clc1cc(Cl)c2c(c1)C(NCC1CCCCC1)CCO2. The van der Waals surface area contributed by atoms with Crippen LogP contribution in [0.3, 0.4) is 0 Å². The maximum atomic E-state index is 6.22. The predicted molar refractivity (Wildman–Crippen MR) is 83.9 cm³/mol. The number of halogens is 2. The van der Waals surface area contributed by atoms with Crippen molar-refractivity contribution >= 4 is 23.2 Å². The number of ether oxygens (including phenoxy) is 1. The van der Waals surface area contributed by atoms with Gasteiger partial charge >= 0.3 is 0 Å². The molecule has 3 rings (SSSR count). The van der Waals surface area contributed by atoms with Crippen LogP contribution in [0.5, 0.6) is 5.75 Å². The highest BCUT2D eigenvalue weighted by atomic mass is 35.5. The van der Waals surface area contributed by atoms with Gasteiger partial charge in [0.1, 0.15) is 5.75 Å². The highest BCUT2D eigenvalue weighted by molar-refractivity contribution is 6.35. The summed E-state index contributed by atoms with van der Waals surface area (Å²) in [6, 6.07) is 4.06. The summed E-state index contributed by atoms with van der Waals surface area (Å²) in [6.07, 6.45) is 7.87. The quantitative estimate of drug-likeness (QED) is 0.849. The zero-order chi connectivity index (χ0) is 13.9. The van der Waals surface area contributed by atoms with Crippen LogP contribution in [0.15, 0.2) is 12.1 Å². The van der Waals surface area contributed by atoms with Crippen molar-refractivity contribution in [3.8, 4) is 5.75 Å². The Morgan fingerprint density at radius 1 is 1.10 bits per heavy atom. The minimum Gasteiger partial charge on any atom is -0.492 e. The number of fused-ring (bicyclic) bond motifs is 1. The van der Waals surface area contributed by atoms with E-state index in [9.17, 15) is 0 Å². The number of hydrogen-bond donors (Lipinski definition) is 1. The van der Waals surface area contributed by atoms with Crippen LogP contribution < -0.4 is 10.1 Å². The first-order valence-corrected chi connectivity index (χ1v) is 8.35. The Morgan fingerprint density at radius 2 is 1.90 bits per heavy atom. The largest absolute Gasteiger partial charge is 0.492 e. The molecule has 4 heteroatoms. The molecule has 110 valence electrons. The van der Waals surface area contributed by atoms with E-state index in [0.717, 1.165) is 36.8 Å². The standard InChI is InChI=1S/C16H21Cl2NO/c17-12-8-13-15(6-7-20-16(13)14(18)9-12)19-10-11-4-2-1-3-5-11/h8-9,11,15,19H,1-7,10H2. The molecule has 1 aliphatic carbocycles. The van der Waals surface area contributed by atoms with Gasteiger partial charge in [0.2, 0.25) is 0 Å². The Morgan fingerprint density at radius 3 is 2.70 bits per heavy atom. The lowest BCUT2D eigenvalue weighted by Crippen LogP contribution is -2.31. The molecule has 0 amide bonds. The molecule has 1 atom stereocenters. The second-order valence-electron chi connectivity index (χ2n) is 5.91. The van der Waals surface area contributed by atoms with Crippen LogP contribution in [0, 0.1) is 5.92 Å². The van der Waals surface area contributed by atoms with Gasteiger partial charge in [-0.25, -0.2) is 0 Å². The zero-order valence-electron chi connectivity index (χ0n) is 11.6. The fourth-order valence-electron chi connectivity index (χ4n) is 3.34. The van der Waals surface area contributed by atoms with E-state index < -0.39 is 0 Å². The highest BCUT2D eigenvalue weighted by Crippen LogP contribution is 2.40. The summed E-state index contributed by atoms with van der Waals surface area (Å²) in [7, 11) is 0. The van der Waals surface area contributed by atoms with Crippen LogP contribution in [-0.2, 0) is 0 Å². The summed E-state index contributed by atoms with van der Waals surface area (Å²) in [6.45, 7) is 1.81. The minimum atomic E-state index is 0.317. The van der Waals surface area contributed by atoms with Gasteiger partial charge in [-0.15, -0.1) is 0 Å². The Hall–Kier alpha value is -0.440. The van der Waals surface area contributed by atoms with Gasteiger partial charge in [0.05, 0.1) is 11.6 Å². The number of hydrogen-bond acceptors (Lipinski definition) is 2. The lowest BCUT2D eigenvalue weighted by atomic mass is 9.88. The van der Waals surface area contributed by atoms with Gasteiger partial charge in [0.25, 0.3) is 0 Å². The van der Waals surface area contributed by atoms with Gasteiger partial charge in [-0.05, 0) is 37.4 Å². The molecule has 1 aromatic rings. The van der Waals surface area contributed by atoms with Crippen LogP contribution in [-0.4, -0.2) is 13.2 Å². The van der Waals surface area contributed by atoms with Gasteiger partial charge in [-0.1, -0.05) is 42.5 Å². The third-order valence-corrected chi connectivity index (χ3v) is 4.94. The molecule has 1 heterocycles. The maximum absolute atomic E-state index is 6.22. The molecule has 1 fully saturated rings. The van der Waals surface area contributed by atoms with Crippen molar-refractivity contribution < 1.29 is 4.74 Å². The van der Waals surface area contributed by atoms with Crippen molar-refractivity contribution in [3.63, 3.8) is 0 Å². The van der Waals surface area contributed by atoms with Gasteiger partial charge < -0.3 is 10.1 Å². The molecule has 1 unspecified atom stereocenters. The highest BCUT2D eigenvalue weighted by Gasteiger charge is 2.25. The van der Waals surface area contributed by atoms with Gasteiger partial charge in [0.15, 0.2) is 0 Å². The van der Waals surface area contributed by atoms with E-state index in [0.29, 0.717) is 16.1 Å². The second kappa shape index (κ2) is 6.55. The zero-order valence-corrected chi connectivity index (χ0v) is 13.1. The molecule has 0 saturated heterocycles. The first kappa shape index (κ1) is 14.5. The molecule has 1 aromatic carbocycles. The number of benzene rings is 1. The Balaban J connectivity index is 1.69. The monoisotopic (exact) mass is 313 g/mol. The molecule has 1 N–H and O–H groups in total. The molecule has 1 aliphatic heterocycles. The third-order valence-electron chi connectivity index (χ3n) is 4.44. The Kier molecular flexibility index (Phi) is 4.75. The third kappa shape index (κ3) is 3.24. The van der Waals surface area contributed by atoms with Crippen molar-refractivity contribution in [2.75, 3.05) is 13.2 Å². The summed E-state index contributed by atoms with van der Waals surface area (Å²) >= 11 is 12.4. The lowest BCUT2D eigenvalue weighted by molar-refractivity contribution is 0.241. The lowest BCUT2D eigenvalue weighted by Gasteiger charge is -2.30. The fourth-order valence-corrected chi connectivity index (χ4v) is 3.90. The van der Waals surface area contributed by atoms with Crippen LogP contribution >= 0.6 is 23.2 Å². The number of rotatable bonds is 3. The molecular weight excluding hydrogens is 293 g/mol. The molecule has 2 aliphatic rings. The van der Waals surface area contributed by atoms with Crippen molar-refractivity contribution in [1.29, 1.82) is 0 Å². The second-order valence-corrected chi connectivity index (χ2v) is 6.75. The molecule has 0 bridgehead atoms. The average Bonchev–Trinajstić information content (AvgIpc) is 2.46. The summed E-state index contributed by atoms with van der Waals surface area (Å²) < 4.78 is 5.70. The molecule has 0 aromatic heterocycles. The topological polar surface area (TPSA) is 21.3 Å². The summed E-state index contributed by atoms with van der Waals surface area (Å²) in [4.78, 5) is 0. The minimum absolute atomic E-state index is 0.317. The van der Waals surface area contributed by atoms with Gasteiger partial charge in [-0.2, -0.15) is 0 Å². The van der Waals surface area contributed by atoms with Crippen LogP contribution in [0.2, 0.25) is 10.0 Å². The van der Waals surface area contributed by atoms with Crippen molar-refractivity contribution in [3.05, 3.63) is 27.7 Å². The van der Waals surface area contributed by atoms with E-state index in [1.165, 1.54) is 32.1 Å². The van der Waals surface area contributed by atoms with Crippen LogP contribution in [0.1, 0.15) is 50.1 Å². The van der Waals surface area contributed by atoms with E-state index in [-0.39, 0.29) is 0 Å². The number of nitrogens with one attached hydrogen (secondary N) is 1. The molecule has 0 radical (unpaired) electrons. The first-order valence-electron chi connectivity index (χ1n) is 7.59. The molecule has 1 saturated carbocycles. The Bertz CT molecular complexity index is 472. The van der Waals surface area contributed by atoms with Crippen molar-refractivity contribution in [2.45, 2.75) is 44.6 Å². The molecule has 20 heavy (non-hydrogen) atoms. The van der Waals surface area contributed by atoms with E-state index in [1.54, 1.807) is 6.07 Å². The average molecular weight is 314 g/mol. The summed E-state index contributed by atoms with van der Waals surface area (Å²) in [5, 5.41) is 5.01. The van der Waals surface area contributed by atoms with E-state index in [4.69, 9.17) is 27.9 Å². The van der Waals surface area contributed by atoms with Crippen LogP contribution in [0.25, 0.3) is 0 Å². The van der Waals surface area contributed by atoms with Crippen LogP contribution in [0.4, 0.5) is 0 Å². The first-order chi connectivity index (χ1) is 9.74. The fraction of sp³-hybridized carbons (Fsp3) is 0.625. The van der Waals surface area contributed by atoms with Crippen molar-refractivity contribution in [2.24, 2.45) is 5.92 Å². The van der Waals surface area contributed by atoms with E-state index >= 15 is 0 Å². The van der Waals surface area contributed by atoms with Crippen molar-refractivity contribution in [1.82, 2.24) is 5.32 Å². The Labute approximate surface area is 130 Å². The molecule has 2 nitrogen and oxygen atoms in total. The maximum Gasteiger partial charge on any atom is 0.142 e. The van der Waals surface area contributed by atoms with E-state index in [1.807, 2.05) is 6.07 Å². The smallest absolute Gasteiger partial charge is 0.142 e. The van der Waals surface area contributed by atoms with E-state index in [2.05, 4.69) is 5.32 Å².